The number of halogens is 13. The summed E-state index contributed by atoms with van der Waals surface area (Å²) >= 11 is 6.12. The van der Waals surface area contributed by atoms with Gasteiger partial charge in [-0.15, -0.1) is 5.10 Å². The van der Waals surface area contributed by atoms with Gasteiger partial charge in [-0.05, 0) is 31.0 Å². The van der Waals surface area contributed by atoms with Gasteiger partial charge in [0.1, 0.15) is 22.5 Å². The summed E-state index contributed by atoms with van der Waals surface area (Å²) in [6.07, 6.45) is -12.6. The Hall–Kier alpha value is -4.20. The van der Waals surface area contributed by atoms with Gasteiger partial charge in [0.2, 0.25) is 0 Å². The molecule has 2 heterocycles. The van der Waals surface area contributed by atoms with Crippen LogP contribution in [0.15, 0.2) is 28.8 Å². The Morgan fingerprint density at radius 2 is 1.62 bits per heavy atom. The number of benzene rings is 1. The molecule has 3 aromatic rings. The molecule has 1 aliphatic rings. The van der Waals surface area contributed by atoms with E-state index in [4.69, 9.17) is 16.1 Å². The van der Waals surface area contributed by atoms with Crippen molar-refractivity contribution in [2.75, 3.05) is 7.05 Å². The van der Waals surface area contributed by atoms with E-state index in [1.54, 1.807) is 0 Å². The van der Waals surface area contributed by atoms with Crippen LogP contribution in [-0.4, -0.2) is 70.0 Å². The Labute approximate surface area is 264 Å². The van der Waals surface area contributed by atoms with Crippen LogP contribution >= 0.6 is 11.6 Å². The van der Waals surface area contributed by atoms with Gasteiger partial charge in [0.05, 0.1) is 16.7 Å². The van der Waals surface area contributed by atoms with Crippen LogP contribution in [0.5, 0.6) is 5.88 Å². The minimum Gasteiger partial charge on any atom is -0.356 e. The predicted molar refractivity (Wildman–Crippen MR) is 134 cm³/mol. The third-order valence-corrected chi connectivity index (χ3v) is 8.62. The molecule has 1 fully saturated rings. The molecule has 0 unspecified atom stereocenters. The molecular weight excluding hydrogens is 734 g/mol. The van der Waals surface area contributed by atoms with Crippen molar-refractivity contribution in [2.45, 2.75) is 47.8 Å². The zero-order valence-electron chi connectivity index (χ0n) is 23.3. The highest BCUT2D eigenvalue weighted by Gasteiger charge is 2.86. The van der Waals surface area contributed by atoms with Gasteiger partial charge in [0.15, 0.2) is 5.76 Å². The number of aromatic nitrogens is 3. The quantitative estimate of drug-likeness (QED) is 0.175. The highest BCUT2D eigenvalue weighted by atomic mass is 35.5. The molecule has 2 aromatic heterocycles. The fraction of sp³-hybridized carbons (Fsp3) is 0.417. The van der Waals surface area contributed by atoms with Crippen LogP contribution in [0.2, 0.25) is 5.02 Å². The van der Waals surface area contributed by atoms with Gasteiger partial charge >= 0.3 is 39.6 Å². The Morgan fingerprint density at radius 1 is 1.04 bits per heavy atom. The number of hydrogen-bond donors (Lipinski definition) is 0. The zero-order chi connectivity index (χ0) is 36.6. The summed E-state index contributed by atoms with van der Waals surface area (Å²) in [6.45, 7) is 0. The second-order valence-corrected chi connectivity index (χ2v) is 12.1. The average Bonchev–Trinajstić information content (AvgIpc) is 3.48. The van der Waals surface area contributed by atoms with Gasteiger partial charge in [0.25, 0.3) is 11.8 Å². The molecule has 0 atom stereocenters. The molecule has 24 heteroatoms. The number of nitriles is 1. The molecule has 1 aliphatic carbocycles. The van der Waals surface area contributed by atoms with E-state index < -0.39 is 79.6 Å². The van der Waals surface area contributed by atoms with Gasteiger partial charge < -0.3 is 13.6 Å². The second kappa shape index (κ2) is 11.2. The maximum atomic E-state index is 14.2. The number of carbonyl (C=O) groups excluding carboxylic acids is 1. The highest BCUT2D eigenvalue weighted by molar-refractivity contribution is 7.88. The molecule has 1 aromatic carbocycles. The summed E-state index contributed by atoms with van der Waals surface area (Å²) in [5, 5.41) is 7.98. The first-order chi connectivity index (χ1) is 21.7. The van der Waals surface area contributed by atoms with Crippen LogP contribution in [0.25, 0.3) is 22.7 Å². The molecule has 0 spiro atoms. The number of amides is 1. The third kappa shape index (κ3) is 5.67. The molecule has 0 N–H and O–H groups in total. The predicted octanol–water partition coefficient (Wildman–Crippen LogP) is 6.68. The van der Waals surface area contributed by atoms with Gasteiger partial charge in [-0.3, -0.25) is 9.48 Å². The Bertz CT molecular complexity index is 1930. The molecule has 10 nitrogen and oxygen atoms in total. The molecular formula is C24H14ClF12N5O5S. The van der Waals surface area contributed by atoms with Gasteiger partial charge in [0, 0.05) is 25.7 Å². The van der Waals surface area contributed by atoms with Crippen molar-refractivity contribution in [3.63, 3.8) is 0 Å². The smallest absolute Gasteiger partial charge is 0.356 e. The number of rotatable bonds is 9. The van der Waals surface area contributed by atoms with E-state index in [1.165, 1.54) is 19.2 Å². The van der Waals surface area contributed by atoms with E-state index >= 15 is 0 Å². The van der Waals surface area contributed by atoms with Gasteiger partial charge in [-0.2, -0.15) is 66.4 Å². The first kappa shape index (κ1) is 36.6. The van der Waals surface area contributed by atoms with Crippen molar-refractivity contribution < 1.29 is 74.6 Å². The fourth-order valence-corrected chi connectivity index (χ4v) is 5.23. The summed E-state index contributed by atoms with van der Waals surface area (Å²) in [7, 11) is -5.88. The van der Waals surface area contributed by atoms with Gasteiger partial charge in [-0.1, -0.05) is 16.8 Å². The molecule has 262 valence electrons. The van der Waals surface area contributed by atoms with Crippen molar-refractivity contribution >= 4 is 27.6 Å². The molecule has 48 heavy (non-hydrogen) atoms. The van der Waals surface area contributed by atoms with E-state index in [-0.39, 0.29) is 20.8 Å². The number of aryl methyl sites for hydroxylation is 1. The lowest BCUT2D eigenvalue weighted by Gasteiger charge is -2.32. The van der Waals surface area contributed by atoms with Crippen LogP contribution in [0.4, 0.5) is 52.7 Å². The fourth-order valence-electron chi connectivity index (χ4n) is 4.16. The van der Waals surface area contributed by atoms with Crippen molar-refractivity contribution in [2.24, 2.45) is 7.05 Å². The largest absolute Gasteiger partial charge is 0.460 e. The van der Waals surface area contributed by atoms with Crippen LogP contribution in [-0.2, 0) is 23.3 Å². The molecule has 1 saturated carbocycles. The first-order valence-corrected chi connectivity index (χ1v) is 14.2. The molecule has 1 amide bonds. The lowest BCUT2D eigenvalue weighted by atomic mass is 10.1. The number of carbonyl (C=O) groups is 1. The summed E-state index contributed by atoms with van der Waals surface area (Å²) < 4.78 is 194. The van der Waals surface area contributed by atoms with Crippen molar-refractivity contribution in [3.8, 4) is 34.7 Å². The zero-order valence-corrected chi connectivity index (χ0v) is 24.9. The Morgan fingerprint density at radius 3 is 2.12 bits per heavy atom. The van der Waals surface area contributed by atoms with Crippen molar-refractivity contribution in [1.82, 2.24) is 19.8 Å². The summed E-state index contributed by atoms with van der Waals surface area (Å²) in [4.78, 5) is 14.1. The monoisotopic (exact) mass is 747 g/mol. The number of nitrogens with zero attached hydrogens (tertiary/aromatic N) is 5. The molecule has 0 bridgehead atoms. The van der Waals surface area contributed by atoms with Gasteiger partial charge in [-0.25, -0.2) is 0 Å². The van der Waals surface area contributed by atoms with E-state index in [0.29, 0.717) is 19.9 Å². The lowest BCUT2D eigenvalue weighted by molar-refractivity contribution is -0.382. The van der Waals surface area contributed by atoms with E-state index in [2.05, 4.69) is 14.4 Å². The molecule has 0 aliphatic heterocycles. The Balaban J connectivity index is 1.76. The maximum absolute atomic E-state index is 14.2. The molecule has 4 rings (SSSR count). The second-order valence-electron chi connectivity index (χ2n) is 10.1. The SMILES string of the molecule is CN(C(=O)c1cc(-c2cc(-c3c(C(F)(F)F)c(OS(=O)(=O)C(F)(F)C(F)(F)C(F)(F)C(F)(F)F)nn3C)no2)ccc1Cl)C1(C#N)CC1. The normalized spacial score (nSPS) is 15.6. The van der Waals surface area contributed by atoms with E-state index in [9.17, 15) is 71.2 Å². The average molecular weight is 748 g/mol. The number of hydrogen-bond acceptors (Lipinski definition) is 8. The maximum Gasteiger partial charge on any atom is 0.460 e. The topological polar surface area (TPSA) is 131 Å². The minimum atomic E-state index is -7.80. The molecule has 0 saturated heterocycles. The summed E-state index contributed by atoms with van der Waals surface area (Å²) in [5.41, 5.74) is -6.05. The van der Waals surface area contributed by atoms with Crippen molar-refractivity contribution in [3.05, 3.63) is 40.4 Å². The Kier molecular flexibility index (Phi) is 8.53. The standard InChI is InChI=1S/C24H14ClF12N5O5S/c1-41(19(9-38)5-6-19)18(43)11-7-10(3-4-12(11)25)14-8-13(40-46-14)16-15(20(26,27)28)17(39-42(16)2)47-48(44,45)24(36,37)22(31,32)21(29,30)23(33,34)35/h3-4,7-8H,5-6H2,1-2H3. The highest BCUT2D eigenvalue weighted by Crippen LogP contribution is 2.55. The van der Waals surface area contributed by atoms with E-state index in [0.717, 1.165) is 17.0 Å². The summed E-state index contributed by atoms with van der Waals surface area (Å²) in [6, 6.07) is 6.18. The van der Waals surface area contributed by atoms with Crippen LogP contribution in [0, 0.1) is 11.3 Å². The number of alkyl halides is 12. The molecule has 0 radical (unpaired) electrons. The van der Waals surface area contributed by atoms with Crippen LogP contribution in [0.3, 0.4) is 0 Å². The van der Waals surface area contributed by atoms with Crippen LogP contribution < -0.4 is 4.18 Å². The minimum absolute atomic E-state index is 0.0681. The summed E-state index contributed by atoms with van der Waals surface area (Å²) in [5.74, 6) is -19.1. The van der Waals surface area contributed by atoms with Crippen molar-refractivity contribution in [1.29, 1.82) is 5.26 Å². The first-order valence-electron chi connectivity index (χ1n) is 12.4. The van der Waals surface area contributed by atoms with Crippen LogP contribution in [0.1, 0.15) is 28.8 Å². The van der Waals surface area contributed by atoms with E-state index in [1.807, 2.05) is 6.07 Å². The third-order valence-electron chi connectivity index (χ3n) is 7.03. The lowest BCUT2D eigenvalue weighted by Crippen LogP contribution is -2.63.